The Morgan fingerprint density at radius 1 is 0.287 bits per heavy atom. The molecule has 7 heteroatoms. The fourth-order valence-electron chi connectivity index (χ4n) is 18.3. The topological polar surface area (TPSA) is 23.9 Å². The molecule has 4 aliphatic rings. The van der Waals surface area contributed by atoms with Gasteiger partial charge in [-0.05, 0) is 207 Å². The van der Waals surface area contributed by atoms with Crippen LogP contribution in [0.2, 0.25) is 0 Å². The number of anilines is 9. The van der Waals surface area contributed by atoms with E-state index in [1.54, 1.807) is 11.0 Å². The fraction of sp³-hybridized carbons (Fsp3) is 0.111. The van der Waals surface area contributed by atoms with Crippen molar-refractivity contribution in [1.29, 1.82) is 0 Å². The van der Waals surface area contributed by atoms with E-state index in [9.17, 15) is 12.3 Å². The van der Waals surface area contributed by atoms with Gasteiger partial charge in [0.2, 0.25) is 0 Å². The van der Waals surface area contributed by atoms with E-state index >= 15 is 0 Å². The van der Waals surface area contributed by atoms with Crippen molar-refractivity contribution in [2.45, 2.75) is 78.6 Å². The highest BCUT2D eigenvalue weighted by molar-refractivity contribution is 7.02. The Bertz CT molecular complexity index is 7290. The maximum atomic E-state index is 12.2. The van der Waals surface area contributed by atoms with Crippen LogP contribution in [0, 0.1) is 0 Å². The zero-order valence-corrected chi connectivity index (χ0v) is 65.6. The summed E-state index contributed by atoms with van der Waals surface area (Å²) in [5.74, 6) is 0.790. The van der Waals surface area contributed by atoms with E-state index in [0.717, 1.165) is 128 Å². The molecular weight excluding hydrogens is 1390 g/mol. The molecule has 0 fully saturated rings. The van der Waals surface area contributed by atoms with Crippen molar-refractivity contribution in [3.05, 3.63) is 374 Å². The first kappa shape index (κ1) is 59.4. The molecule has 0 radical (unpaired) electrons. The van der Waals surface area contributed by atoms with Gasteiger partial charge in [-0.3, -0.25) is 0 Å². The van der Waals surface area contributed by atoms with Gasteiger partial charge in [-0.1, -0.05) is 323 Å². The molecule has 4 aliphatic heterocycles. The summed E-state index contributed by atoms with van der Waals surface area (Å²) in [6.45, 7) is 18.1. The van der Waals surface area contributed by atoms with Gasteiger partial charge in [-0.15, -0.1) is 0 Å². The third-order valence-corrected chi connectivity index (χ3v) is 23.9. The van der Waals surface area contributed by atoms with Crippen LogP contribution in [0.25, 0.3) is 94.3 Å². The summed E-state index contributed by atoms with van der Waals surface area (Å²) in [4.78, 5) is 6.44. The Kier molecular flexibility index (Phi) is 13.8. The van der Waals surface area contributed by atoms with E-state index in [2.05, 4.69) is 291 Å². The van der Waals surface area contributed by atoms with Gasteiger partial charge in [0.1, 0.15) is 11.5 Å². The van der Waals surface area contributed by atoms with Crippen LogP contribution >= 0.6 is 0 Å². The van der Waals surface area contributed by atoms with Gasteiger partial charge in [-0.2, -0.15) is 0 Å². The summed E-state index contributed by atoms with van der Waals surface area (Å²) in [6, 6.07) is 99.3. The van der Waals surface area contributed by atoms with Crippen molar-refractivity contribution in [3.63, 3.8) is 0 Å². The number of ether oxygens (including phenoxy) is 1. The molecule has 0 saturated heterocycles. The Hall–Kier alpha value is -13.4. The van der Waals surface area contributed by atoms with Crippen molar-refractivity contribution < 1.29 is 18.4 Å². The Labute approximate surface area is 689 Å². The van der Waals surface area contributed by atoms with E-state index in [4.69, 9.17) is 6.11 Å². The Balaban J connectivity index is 0.993. The Morgan fingerprint density at radius 3 is 1.34 bits per heavy atom. The minimum absolute atomic E-state index is 0.0227. The predicted octanol–water partition coefficient (Wildman–Crippen LogP) is 25.2. The largest absolute Gasteiger partial charge is 0.456 e. The normalized spacial score (nSPS) is 14.5. The van der Waals surface area contributed by atoms with Crippen LogP contribution in [-0.2, 0) is 16.2 Å². The number of hydrogen-bond acceptors (Lipinski definition) is 4. The van der Waals surface area contributed by atoms with Crippen LogP contribution in [0.15, 0.2) is 358 Å². The van der Waals surface area contributed by atoms with Gasteiger partial charge in [0.25, 0.3) is 13.4 Å². The third-order valence-electron chi connectivity index (χ3n) is 23.9. The molecule has 16 aromatic carbocycles. The van der Waals surface area contributed by atoms with Gasteiger partial charge in [0.15, 0.2) is 0 Å². The van der Waals surface area contributed by atoms with Crippen molar-refractivity contribution in [1.82, 2.24) is 4.57 Å². The number of rotatable bonds is 10. The molecule has 0 atom stereocenters. The second kappa shape index (κ2) is 26.7. The molecule has 5 heterocycles. The summed E-state index contributed by atoms with van der Waals surface area (Å²) in [5, 5.41) is 1.79. The highest BCUT2D eigenvalue weighted by atomic mass is 16.5. The molecule has 0 spiro atoms. The standard InChI is InChI=1S/C108H86B2N4O/c1-106(2,3)75-61-83(70-38-18-11-19-39-70)102(84(62-75)71-40-20-12-21-41-71)113-95-67-79(112-92-53-33-30-50-82(92)87-60-74(56-59-93(87)112)81-49-29-28-48-80(81)69-36-16-10-17-37-69)57-58-89(95)110-91-68-98-101-105(115-99-55-35-32-52-90(99)109(101)88-51-31-34-54-94(88)111(98)78-46-26-15-27-47-78)104(91)114(97-66-77(108(7,8)9)65-96(113)100(97)110)103-85(72-42-22-13-23-43-72)63-76(107(4,5)6)64-86(103)73-44-24-14-25-45-73/h10-68H,1-9H3/i15D,26D,27D,31D,34D,46D,51D,57D,58D,67D. The zero-order valence-electron chi connectivity index (χ0n) is 75.6. The molecule has 17 aromatic rings. The fourth-order valence-corrected chi connectivity index (χ4v) is 18.3. The minimum Gasteiger partial charge on any atom is -0.456 e. The number of benzene rings is 16. The van der Waals surface area contributed by atoms with E-state index in [0.29, 0.717) is 61.6 Å². The lowest BCUT2D eigenvalue weighted by atomic mass is 9.31. The summed E-state index contributed by atoms with van der Waals surface area (Å²) >= 11 is 0. The molecule has 0 amide bonds. The summed E-state index contributed by atoms with van der Waals surface area (Å²) < 4.78 is 114. The number of aromatic nitrogens is 1. The van der Waals surface area contributed by atoms with Crippen molar-refractivity contribution in [2.75, 3.05) is 14.7 Å². The molecule has 1 aromatic heterocycles. The number of hydrogen-bond donors (Lipinski definition) is 0. The van der Waals surface area contributed by atoms with E-state index in [1.807, 2.05) is 71.3 Å². The summed E-state index contributed by atoms with van der Waals surface area (Å²) in [7, 11) is 0. The third kappa shape index (κ3) is 11.3. The van der Waals surface area contributed by atoms with Crippen LogP contribution in [0.4, 0.5) is 51.2 Å². The van der Waals surface area contributed by atoms with Gasteiger partial charge in [0.05, 0.1) is 41.8 Å². The van der Waals surface area contributed by atoms with Gasteiger partial charge in [-0.25, -0.2) is 0 Å². The average molecular weight is 1490 g/mol. The molecule has 115 heavy (non-hydrogen) atoms. The molecule has 5 nitrogen and oxygen atoms in total. The molecule has 0 bridgehead atoms. The molecule has 21 rings (SSSR count). The monoisotopic (exact) mass is 1490 g/mol. The average Bonchev–Trinajstić information content (AvgIpc) is 1.57. The maximum Gasteiger partial charge on any atom is 0.256 e. The lowest BCUT2D eigenvalue weighted by Crippen LogP contribution is -2.64. The lowest BCUT2D eigenvalue weighted by Gasteiger charge is -2.49. The van der Waals surface area contributed by atoms with E-state index < -0.39 is 41.8 Å². The second-order valence-corrected chi connectivity index (χ2v) is 33.9. The van der Waals surface area contributed by atoms with Gasteiger partial charge >= 0.3 is 0 Å². The molecular formula is C108H86B2N4O. The van der Waals surface area contributed by atoms with Crippen LogP contribution in [0.5, 0.6) is 11.5 Å². The first-order chi connectivity index (χ1) is 60.1. The molecule has 0 saturated carbocycles. The van der Waals surface area contributed by atoms with Crippen molar-refractivity contribution in [2.24, 2.45) is 0 Å². The molecule has 0 aliphatic carbocycles. The minimum atomic E-state index is -1.11. The predicted molar refractivity (Wildman–Crippen MR) is 489 cm³/mol. The highest BCUT2D eigenvalue weighted by Crippen LogP contribution is 2.58. The number of nitrogens with zero attached hydrogens (tertiary/aromatic N) is 4. The number of fused-ring (bicyclic) bond motifs is 12. The number of para-hydroxylation sites is 4. The van der Waals surface area contributed by atoms with Gasteiger partial charge in [0, 0.05) is 72.8 Å². The van der Waals surface area contributed by atoms with Gasteiger partial charge < -0.3 is 24.0 Å². The first-order valence-electron chi connectivity index (χ1n) is 44.8. The summed E-state index contributed by atoms with van der Waals surface area (Å²) in [6.07, 6.45) is 0. The van der Waals surface area contributed by atoms with Crippen LogP contribution < -0.4 is 52.2 Å². The molecule has 0 N–H and O–H groups in total. The van der Waals surface area contributed by atoms with Crippen molar-refractivity contribution in [3.8, 4) is 83.9 Å². The molecule has 0 unspecified atom stereocenters. The van der Waals surface area contributed by atoms with Crippen LogP contribution in [-0.4, -0.2) is 18.0 Å². The highest BCUT2D eigenvalue weighted by Gasteiger charge is 2.52. The lowest BCUT2D eigenvalue weighted by molar-refractivity contribution is 0.489. The van der Waals surface area contributed by atoms with Crippen molar-refractivity contribution >= 4 is 119 Å². The quantitative estimate of drug-likeness (QED) is 0.127. The van der Waals surface area contributed by atoms with E-state index in [-0.39, 0.29) is 65.4 Å². The zero-order chi connectivity index (χ0) is 86.5. The molecule has 550 valence electrons. The Morgan fingerprint density at radius 2 is 0.748 bits per heavy atom. The SMILES string of the molecule is [2H]c1cc(N2c3cc([2H])c([2H])c([2H])c3B3c4ccccc4Oc4c3c2cc2c4N(c3c(-c4ccccc4)cc(C(C)(C)C)cc3-c3ccccc3)c3cc(C(C)(C)C)cc4c3B2c2c([2H])c([2H])c(-n3c5ccccc5c5cc(-c6ccccc6-c6ccccc6)ccc53)c([2H])c2N4c2c(-c3ccccc3)cc(C(C)(C)C)cc2-c2ccccc2)c([2H])c([2H])c1[2H]. The summed E-state index contributed by atoms with van der Waals surface area (Å²) in [5.41, 5.74) is 22.2. The van der Waals surface area contributed by atoms with E-state index in [1.165, 1.54) is 6.07 Å². The second-order valence-electron chi connectivity index (χ2n) is 33.9. The maximum absolute atomic E-state index is 12.2. The first-order valence-corrected chi connectivity index (χ1v) is 39.8. The van der Waals surface area contributed by atoms with Crippen LogP contribution in [0.3, 0.4) is 0 Å². The smallest absolute Gasteiger partial charge is 0.256 e. The van der Waals surface area contributed by atoms with Crippen LogP contribution in [0.1, 0.15) is 92.7 Å².